The molecule has 2 nitrogen and oxygen atoms in total. The maximum Gasteiger partial charge on any atom is 0.0138 e. The quantitative estimate of drug-likeness (QED) is 0.835. The lowest BCUT2D eigenvalue weighted by molar-refractivity contribution is 0.0358. The normalized spacial score (nSPS) is 42.2. The van der Waals surface area contributed by atoms with Crippen LogP contribution in [0.15, 0.2) is 0 Å². The Labute approximate surface area is 113 Å². The summed E-state index contributed by atoms with van der Waals surface area (Å²) in [7, 11) is 2.37. The van der Waals surface area contributed by atoms with Gasteiger partial charge in [-0.3, -0.25) is 4.90 Å². The summed E-state index contributed by atoms with van der Waals surface area (Å²) >= 11 is 0. The first kappa shape index (κ1) is 14.3. The Morgan fingerprint density at radius 3 is 2.39 bits per heavy atom. The van der Waals surface area contributed by atoms with Crippen molar-refractivity contribution in [1.82, 2.24) is 4.90 Å². The molecule has 2 heteroatoms. The summed E-state index contributed by atoms with van der Waals surface area (Å²) in [4.78, 5) is 2.72. The van der Waals surface area contributed by atoms with Gasteiger partial charge in [0.1, 0.15) is 0 Å². The van der Waals surface area contributed by atoms with Crippen molar-refractivity contribution in [1.29, 1.82) is 0 Å². The fourth-order valence-corrected chi connectivity index (χ4v) is 4.33. The molecule has 0 radical (unpaired) electrons. The highest BCUT2D eigenvalue weighted by Crippen LogP contribution is 2.36. The molecule has 106 valence electrons. The third kappa shape index (κ3) is 3.08. The summed E-state index contributed by atoms with van der Waals surface area (Å²) in [5, 5.41) is 0. The molecule has 2 N–H and O–H groups in total. The van der Waals surface area contributed by atoms with Gasteiger partial charge in [-0.05, 0) is 57.0 Å². The number of rotatable bonds is 3. The van der Waals surface area contributed by atoms with Crippen LogP contribution in [0.25, 0.3) is 0 Å². The van der Waals surface area contributed by atoms with Gasteiger partial charge in [-0.15, -0.1) is 0 Å². The smallest absolute Gasteiger partial charge is 0.0138 e. The first-order valence-electron chi connectivity index (χ1n) is 8.05. The summed E-state index contributed by atoms with van der Waals surface area (Å²) in [6, 6.07) is 1.55. The predicted molar refractivity (Wildman–Crippen MR) is 78.5 cm³/mol. The van der Waals surface area contributed by atoms with Crippen LogP contribution in [0.4, 0.5) is 0 Å². The van der Waals surface area contributed by atoms with E-state index in [1.54, 1.807) is 0 Å². The summed E-state index contributed by atoms with van der Waals surface area (Å²) in [6.07, 6.45) is 9.77. The molecule has 2 saturated carbocycles. The summed E-state index contributed by atoms with van der Waals surface area (Å²) in [5.74, 6) is 2.50. The molecule has 2 rings (SSSR count). The molecular formula is C16H32N2. The fourth-order valence-electron chi connectivity index (χ4n) is 4.33. The molecule has 5 unspecified atom stereocenters. The minimum absolute atomic E-state index is 0.736. The lowest BCUT2D eigenvalue weighted by Crippen LogP contribution is -2.51. The topological polar surface area (TPSA) is 29.3 Å². The summed E-state index contributed by atoms with van der Waals surface area (Å²) in [6.45, 7) is 5.74. The minimum atomic E-state index is 0.736. The maximum atomic E-state index is 6.01. The van der Waals surface area contributed by atoms with Crippen LogP contribution in [0.1, 0.15) is 58.8 Å². The average molecular weight is 252 g/mol. The molecule has 2 fully saturated rings. The van der Waals surface area contributed by atoms with Gasteiger partial charge in [-0.25, -0.2) is 0 Å². The van der Waals surface area contributed by atoms with E-state index >= 15 is 0 Å². The molecule has 2 aliphatic rings. The minimum Gasteiger partial charge on any atom is -0.330 e. The van der Waals surface area contributed by atoms with Crippen LogP contribution >= 0.6 is 0 Å². The summed E-state index contributed by atoms with van der Waals surface area (Å²) in [5.41, 5.74) is 6.01. The Morgan fingerprint density at radius 1 is 1.00 bits per heavy atom. The summed E-state index contributed by atoms with van der Waals surface area (Å²) < 4.78 is 0. The molecule has 5 atom stereocenters. The molecule has 18 heavy (non-hydrogen) atoms. The van der Waals surface area contributed by atoms with Gasteiger partial charge >= 0.3 is 0 Å². The van der Waals surface area contributed by atoms with Crippen LogP contribution in [-0.2, 0) is 0 Å². The fraction of sp³-hybridized carbons (Fsp3) is 1.00. The van der Waals surface area contributed by atoms with Crippen molar-refractivity contribution in [2.75, 3.05) is 13.6 Å². The van der Waals surface area contributed by atoms with Gasteiger partial charge in [0.15, 0.2) is 0 Å². The molecule has 0 heterocycles. The van der Waals surface area contributed by atoms with Gasteiger partial charge in [0, 0.05) is 12.1 Å². The average Bonchev–Trinajstić information content (AvgIpc) is 2.38. The van der Waals surface area contributed by atoms with E-state index in [4.69, 9.17) is 5.73 Å². The second-order valence-electron chi connectivity index (χ2n) is 6.98. The van der Waals surface area contributed by atoms with Gasteiger partial charge in [-0.2, -0.15) is 0 Å². The highest BCUT2D eigenvalue weighted by molar-refractivity contribution is 4.90. The monoisotopic (exact) mass is 252 g/mol. The van der Waals surface area contributed by atoms with Crippen molar-refractivity contribution in [3.63, 3.8) is 0 Å². The van der Waals surface area contributed by atoms with Crippen molar-refractivity contribution >= 4 is 0 Å². The van der Waals surface area contributed by atoms with E-state index in [0.717, 1.165) is 36.4 Å². The zero-order valence-corrected chi connectivity index (χ0v) is 12.6. The van der Waals surface area contributed by atoms with Crippen LogP contribution in [0, 0.1) is 17.8 Å². The van der Waals surface area contributed by atoms with E-state index in [1.165, 1.54) is 44.9 Å². The van der Waals surface area contributed by atoms with Gasteiger partial charge in [0.25, 0.3) is 0 Å². The Bertz CT molecular complexity index is 253. The number of nitrogens with two attached hydrogens (primary N) is 1. The van der Waals surface area contributed by atoms with Crippen molar-refractivity contribution in [2.24, 2.45) is 23.5 Å². The number of nitrogens with zero attached hydrogens (tertiary/aromatic N) is 1. The molecule has 0 bridgehead atoms. The first-order chi connectivity index (χ1) is 8.63. The van der Waals surface area contributed by atoms with Crippen LogP contribution in [0.5, 0.6) is 0 Å². The van der Waals surface area contributed by atoms with E-state index in [2.05, 4.69) is 25.8 Å². The van der Waals surface area contributed by atoms with E-state index in [-0.39, 0.29) is 0 Å². The zero-order valence-electron chi connectivity index (χ0n) is 12.6. The lowest BCUT2D eigenvalue weighted by atomic mass is 9.76. The van der Waals surface area contributed by atoms with Crippen molar-refractivity contribution in [2.45, 2.75) is 70.9 Å². The van der Waals surface area contributed by atoms with Gasteiger partial charge in [0.05, 0.1) is 0 Å². The largest absolute Gasteiger partial charge is 0.330 e. The van der Waals surface area contributed by atoms with Gasteiger partial charge in [0.2, 0.25) is 0 Å². The molecule has 0 spiro atoms. The Kier molecular flexibility index (Phi) is 5.08. The van der Waals surface area contributed by atoms with Crippen molar-refractivity contribution < 1.29 is 0 Å². The Balaban J connectivity index is 2.02. The van der Waals surface area contributed by atoms with E-state index in [9.17, 15) is 0 Å². The SMILES string of the molecule is CC1CCC(CN)C(N(C)C2CCCCC2C)C1. The van der Waals surface area contributed by atoms with Crippen LogP contribution in [-0.4, -0.2) is 30.6 Å². The third-order valence-corrected chi connectivity index (χ3v) is 5.63. The second-order valence-corrected chi connectivity index (χ2v) is 6.98. The van der Waals surface area contributed by atoms with Gasteiger partial charge < -0.3 is 5.73 Å². The van der Waals surface area contributed by atoms with E-state index in [0.29, 0.717) is 0 Å². The molecule has 0 aromatic carbocycles. The Morgan fingerprint density at radius 2 is 1.72 bits per heavy atom. The first-order valence-corrected chi connectivity index (χ1v) is 8.05. The van der Waals surface area contributed by atoms with E-state index in [1.807, 2.05) is 0 Å². The number of hydrogen-bond acceptors (Lipinski definition) is 2. The van der Waals surface area contributed by atoms with Crippen LogP contribution < -0.4 is 5.73 Å². The van der Waals surface area contributed by atoms with Crippen LogP contribution in [0.2, 0.25) is 0 Å². The third-order valence-electron chi connectivity index (χ3n) is 5.63. The highest BCUT2D eigenvalue weighted by atomic mass is 15.2. The molecule has 2 aliphatic carbocycles. The molecule has 0 saturated heterocycles. The molecule has 0 aromatic rings. The molecular weight excluding hydrogens is 220 g/mol. The van der Waals surface area contributed by atoms with Crippen molar-refractivity contribution in [3.05, 3.63) is 0 Å². The molecule has 0 amide bonds. The molecule has 0 aliphatic heterocycles. The standard InChI is InChI=1S/C16H32N2/c1-12-8-9-14(11-17)16(10-12)18(3)15-7-5-4-6-13(15)2/h12-16H,4-11,17H2,1-3H3. The van der Waals surface area contributed by atoms with E-state index < -0.39 is 0 Å². The van der Waals surface area contributed by atoms with Crippen molar-refractivity contribution in [3.8, 4) is 0 Å². The Hall–Kier alpha value is -0.0800. The lowest BCUT2D eigenvalue weighted by Gasteiger charge is -2.46. The predicted octanol–water partition coefficient (Wildman–Crippen LogP) is 3.26. The second kappa shape index (κ2) is 6.38. The highest BCUT2D eigenvalue weighted by Gasteiger charge is 2.35. The molecule has 0 aromatic heterocycles. The number of hydrogen-bond donors (Lipinski definition) is 1. The van der Waals surface area contributed by atoms with Crippen LogP contribution in [0.3, 0.4) is 0 Å². The van der Waals surface area contributed by atoms with Gasteiger partial charge in [-0.1, -0.05) is 33.1 Å². The zero-order chi connectivity index (χ0) is 13.1. The maximum absolute atomic E-state index is 6.01.